The molecule has 0 aromatic heterocycles. The number of aryl methyl sites for hydroxylation is 2. The first-order chi connectivity index (χ1) is 10.5. The molecular weight excluding hydrogens is 272 g/mol. The lowest BCUT2D eigenvalue weighted by atomic mass is 10.0. The Balaban J connectivity index is 1.98. The van der Waals surface area contributed by atoms with Gasteiger partial charge >= 0.3 is 0 Å². The summed E-state index contributed by atoms with van der Waals surface area (Å²) < 4.78 is 0. The molecule has 1 aliphatic rings. The first kappa shape index (κ1) is 17.5. The second-order valence-corrected chi connectivity index (χ2v) is 7.29. The van der Waals surface area contributed by atoms with Crippen LogP contribution >= 0.6 is 0 Å². The van der Waals surface area contributed by atoms with Crippen LogP contribution in [0.1, 0.15) is 37.0 Å². The van der Waals surface area contributed by atoms with Gasteiger partial charge in [-0.3, -0.25) is 9.80 Å². The van der Waals surface area contributed by atoms with E-state index in [0.717, 1.165) is 39.1 Å². The van der Waals surface area contributed by atoms with E-state index in [0.29, 0.717) is 12.0 Å². The summed E-state index contributed by atoms with van der Waals surface area (Å²) >= 11 is 0. The van der Waals surface area contributed by atoms with E-state index in [1.807, 2.05) is 0 Å². The van der Waals surface area contributed by atoms with Crippen molar-refractivity contribution in [1.82, 2.24) is 9.80 Å². The smallest absolute Gasteiger partial charge is 0.0446 e. The van der Waals surface area contributed by atoms with Gasteiger partial charge in [0.15, 0.2) is 0 Å². The van der Waals surface area contributed by atoms with Gasteiger partial charge in [-0.05, 0) is 31.7 Å². The predicted octanol–water partition coefficient (Wildman–Crippen LogP) is 2.83. The van der Waals surface area contributed by atoms with Crippen molar-refractivity contribution in [3.8, 4) is 0 Å². The van der Waals surface area contributed by atoms with Gasteiger partial charge in [-0.1, -0.05) is 43.2 Å². The molecule has 22 heavy (non-hydrogen) atoms. The number of rotatable bonds is 6. The summed E-state index contributed by atoms with van der Waals surface area (Å²) in [5.41, 5.74) is 4.11. The third kappa shape index (κ3) is 5.08. The Morgan fingerprint density at radius 1 is 1.14 bits per heavy atom. The number of hydrogen-bond donors (Lipinski definition) is 1. The van der Waals surface area contributed by atoms with Crippen LogP contribution in [0, 0.1) is 19.8 Å². The third-order valence-corrected chi connectivity index (χ3v) is 4.44. The minimum absolute atomic E-state index is 0.288. The number of hydrogen-bond acceptors (Lipinski definition) is 3. The van der Waals surface area contributed by atoms with Crippen molar-refractivity contribution in [2.24, 2.45) is 5.92 Å². The van der Waals surface area contributed by atoms with Crippen LogP contribution in [0.25, 0.3) is 0 Å². The second kappa shape index (κ2) is 8.09. The second-order valence-electron chi connectivity index (χ2n) is 7.29. The van der Waals surface area contributed by atoms with Crippen LogP contribution < -0.4 is 0 Å². The maximum absolute atomic E-state index is 9.37. The molecule has 0 saturated carbocycles. The van der Waals surface area contributed by atoms with E-state index in [9.17, 15) is 5.11 Å². The molecule has 1 saturated heterocycles. The van der Waals surface area contributed by atoms with Gasteiger partial charge in [0.1, 0.15) is 0 Å². The highest BCUT2D eigenvalue weighted by molar-refractivity contribution is 5.28. The summed E-state index contributed by atoms with van der Waals surface area (Å²) in [6.45, 7) is 14.7. The van der Waals surface area contributed by atoms with Crippen LogP contribution in [0.2, 0.25) is 0 Å². The first-order valence-electron chi connectivity index (χ1n) is 8.62. The molecule has 0 radical (unpaired) electrons. The molecule has 2 rings (SSSR count). The molecule has 1 N–H and O–H groups in total. The van der Waals surface area contributed by atoms with Crippen LogP contribution in [-0.4, -0.2) is 53.7 Å². The lowest BCUT2D eigenvalue weighted by Crippen LogP contribution is -2.53. The van der Waals surface area contributed by atoms with E-state index < -0.39 is 0 Å². The fraction of sp³-hybridized carbons (Fsp3) is 0.684. The minimum Gasteiger partial charge on any atom is -0.396 e. The molecule has 0 unspecified atom stereocenters. The number of nitrogens with zero attached hydrogens (tertiary/aromatic N) is 2. The number of piperazine rings is 1. The molecule has 3 nitrogen and oxygen atoms in total. The molecule has 1 aliphatic heterocycles. The minimum atomic E-state index is 0.288. The topological polar surface area (TPSA) is 26.7 Å². The van der Waals surface area contributed by atoms with Gasteiger partial charge in [-0.25, -0.2) is 0 Å². The Hall–Kier alpha value is -0.900. The van der Waals surface area contributed by atoms with Gasteiger partial charge in [-0.15, -0.1) is 0 Å². The van der Waals surface area contributed by atoms with Crippen molar-refractivity contribution in [1.29, 1.82) is 0 Å². The molecular formula is C19H32N2O. The average molecular weight is 304 g/mol. The molecule has 3 heteroatoms. The van der Waals surface area contributed by atoms with E-state index in [4.69, 9.17) is 0 Å². The molecule has 1 aromatic carbocycles. The molecule has 0 bridgehead atoms. The maximum Gasteiger partial charge on any atom is 0.0446 e. The lowest BCUT2D eigenvalue weighted by Gasteiger charge is -2.42. The summed E-state index contributed by atoms with van der Waals surface area (Å²) in [6.07, 6.45) is 0.885. The fourth-order valence-electron chi connectivity index (χ4n) is 3.65. The van der Waals surface area contributed by atoms with E-state index in [-0.39, 0.29) is 6.61 Å². The molecule has 0 spiro atoms. The van der Waals surface area contributed by atoms with Gasteiger partial charge in [0.25, 0.3) is 0 Å². The Labute approximate surface area is 135 Å². The zero-order chi connectivity index (χ0) is 16.1. The normalized spacial score (nSPS) is 20.7. The summed E-state index contributed by atoms with van der Waals surface area (Å²) in [5.74, 6) is 0.687. The Morgan fingerprint density at radius 3 is 2.41 bits per heavy atom. The summed E-state index contributed by atoms with van der Waals surface area (Å²) in [7, 11) is 0. The fourth-order valence-corrected chi connectivity index (χ4v) is 3.65. The zero-order valence-electron chi connectivity index (χ0n) is 14.7. The van der Waals surface area contributed by atoms with Crippen molar-refractivity contribution < 1.29 is 5.11 Å². The lowest BCUT2D eigenvalue weighted by molar-refractivity contribution is 0.0477. The Kier molecular flexibility index (Phi) is 6.42. The summed E-state index contributed by atoms with van der Waals surface area (Å²) in [6, 6.07) is 7.33. The van der Waals surface area contributed by atoms with Crippen molar-refractivity contribution >= 4 is 0 Å². The van der Waals surface area contributed by atoms with Gasteiger partial charge < -0.3 is 5.11 Å². The van der Waals surface area contributed by atoms with Gasteiger partial charge in [-0.2, -0.15) is 0 Å². The molecule has 1 atom stereocenters. The molecule has 124 valence electrons. The highest BCUT2D eigenvalue weighted by Crippen LogP contribution is 2.18. The molecule has 1 aromatic rings. The van der Waals surface area contributed by atoms with E-state index >= 15 is 0 Å². The SMILES string of the molecule is Cc1cc(C)cc(CN2CCN(CC(C)C)[C@H](CCO)C2)c1. The van der Waals surface area contributed by atoms with E-state index in [2.05, 4.69) is 55.7 Å². The number of aliphatic hydroxyl groups is 1. The van der Waals surface area contributed by atoms with Gasteiger partial charge in [0.05, 0.1) is 0 Å². The van der Waals surface area contributed by atoms with Crippen LogP contribution in [-0.2, 0) is 6.54 Å². The van der Waals surface area contributed by atoms with Crippen molar-refractivity contribution in [3.05, 3.63) is 34.9 Å². The average Bonchev–Trinajstić information content (AvgIpc) is 2.40. The van der Waals surface area contributed by atoms with Crippen molar-refractivity contribution in [2.75, 3.05) is 32.8 Å². The zero-order valence-corrected chi connectivity index (χ0v) is 14.7. The largest absolute Gasteiger partial charge is 0.396 e. The highest BCUT2D eigenvalue weighted by Gasteiger charge is 2.26. The molecule has 0 amide bonds. The van der Waals surface area contributed by atoms with Crippen LogP contribution in [0.4, 0.5) is 0 Å². The molecule has 0 aliphatic carbocycles. The third-order valence-electron chi connectivity index (χ3n) is 4.44. The van der Waals surface area contributed by atoms with Crippen LogP contribution in [0.15, 0.2) is 18.2 Å². The van der Waals surface area contributed by atoms with Crippen LogP contribution in [0.3, 0.4) is 0 Å². The summed E-state index contributed by atoms with van der Waals surface area (Å²) in [5, 5.41) is 9.37. The standard InChI is InChI=1S/C19H32N2O/c1-15(2)12-21-7-6-20(14-19(21)5-8-22)13-18-10-16(3)9-17(4)11-18/h9-11,15,19,22H,5-8,12-14H2,1-4H3/t19-/m1/s1. The van der Waals surface area contributed by atoms with Gasteiger partial charge in [0.2, 0.25) is 0 Å². The summed E-state index contributed by atoms with van der Waals surface area (Å²) in [4.78, 5) is 5.12. The highest BCUT2D eigenvalue weighted by atomic mass is 16.3. The maximum atomic E-state index is 9.37. The quantitative estimate of drug-likeness (QED) is 0.875. The molecule has 1 fully saturated rings. The monoisotopic (exact) mass is 304 g/mol. The number of aliphatic hydroxyl groups excluding tert-OH is 1. The van der Waals surface area contributed by atoms with E-state index in [1.54, 1.807) is 0 Å². The van der Waals surface area contributed by atoms with Gasteiger partial charge in [0, 0.05) is 45.4 Å². The van der Waals surface area contributed by atoms with E-state index in [1.165, 1.54) is 16.7 Å². The molecule has 1 heterocycles. The van der Waals surface area contributed by atoms with Crippen molar-refractivity contribution in [2.45, 2.75) is 46.7 Å². The Bertz CT molecular complexity index is 452. The van der Waals surface area contributed by atoms with Crippen molar-refractivity contribution in [3.63, 3.8) is 0 Å². The first-order valence-corrected chi connectivity index (χ1v) is 8.62. The van der Waals surface area contributed by atoms with Crippen LogP contribution in [0.5, 0.6) is 0 Å². The number of benzene rings is 1. The predicted molar refractivity (Wildman–Crippen MR) is 93.1 cm³/mol. The Morgan fingerprint density at radius 2 is 1.82 bits per heavy atom.